The predicted octanol–water partition coefficient (Wildman–Crippen LogP) is 1.91. The highest BCUT2D eigenvalue weighted by Crippen LogP contribution is 1.95. The minimum absolute atomic E-state index is 0. The molecule has 2 rings (SSSR count). The van der Waals surface area contributed by atoms with E-state index in [4.69, 9.17) is 0 Å². The van der Waals surface area contributed by atoms with Crippen molar-refractivity contribution in [1.29, 1.82) is 0 Å². The molecule has 2 aromatic rings. The van der Waals surface area contributed by atoms with Gasteiger partial charge in [-0.25, -0.2) is 0 Å². The van der Waals surface area contributed by atoms with Gasteiger partial charge < -0.3 is 15.2 Å². The number of rotatable bonds is 6. The fraction of sp³-hybridized carbons (Fsp3) is 0.333. The Morgan fingerprint density at radius 3 is 2.62 bits per heavy atom. The van der Waals surface area contributed by atoms with Gasteiger partial charge in [0.25, 0.3) is 0 Å². The largest absolute Gasteiger partial charge is 0.356 e. The fourth-order valence-corrected chi connectivity index (χ4v) is 1.91. The average Bonchev–Trinajstić information content (AvgIpc) is 3.00. The Kier molecular flexibility index (Phi) is 8.49. The van der Waals surface area contributed by atoms with E-state index < -0.39 is 0 Å². The molecular formula is C15H22IN5. The Labute approximate surface area is 142 Å². The molecule has 21 heavy (non-hydrogen) atoms. The summed E-state index contributed by atoms with van der Waals surface area (Å²) < 4.78 is 2.13. The molecule has 0 aliphatic carbocycles. The minimum atomic E-state index is 0. The maximum Gasteiger partial charge on any atom is 0.191 e. The number of hydrogen-bond donors (Lipinski definition) is 2. The van der Waals surface area contributed by atoms with Gasteiger partial charge in [0.1, 0.15) is 0 Å². The van der Waals surface area contributed by atoms with E-state index in [1.165, 1.54) is 5.56 Å². The zero-order valence-corrected chi connectivity index (χ0v) is 14.5. The van der Waals surface area contributed by atoms with Crippen LogP contribution in [0, 0.1) is 0 Å². The third-order valence-electron chi connectivity index (χ3n) is 2.98. The van der Waals surface area contributed by atoms with Gasteiger partial charge in [0, 0.05) is 51.5 Å². The molecule has 0 saturated heterocycles. The Bertz CT molecular complexity index is 510. The molecule has 2 aromatic heterocycles. The molecule has 0 amide bonds. The van der Waals surface area contributed by atoms with Gasteiger partial charge in [0.05, 0.1) is 0 Å². The lowest BCUT2D eigenvalue weighted by molar-refractivity contribution is 0.665. The molecule has 114 valence electrons. The van der Waals surface area contributed by atoms with Crippen LogP contribution in [0.2, 0.25) is 0 Å². The van der Waals surface area contributed by atoms with E-state index in [1.54, 1.807) is 13.2 Å². The lowest BCUT2D eigenvalue weighted by Gasteiger charge is -2.12. The van der Waals surface area contributed by atoms with E-state index in [-0.39, 0.29) is 24.0 Å². The number of nitrogens with one attached hydrogen (secondary N) is 2. The summed E-state index contributed by atoms with van der Waals surface area (Å²) in [5.74, 6) is 0.834. The maximum absolute atomic E-state index is 4.21. The molecule has 2 N–H and O–H groups in total. The van der Waals surface area contributed by atoms with Crippen molar-refractivity contribution >= 4 is 29.9 Å². The third kappa shape index (κ3) is 6.61. The van der Waals surface area contributed by atoms with Crippen LogP contribution < -0.4 is 10.6 Å². The number of nitrogens with zero attached hydrogens (tertiary/aromatic N) is 3. The van der Waals surface area contributed by atoms with Crippen molar-refractivity contribution in [3.63, 3.8) is 0 Å². The maximum atomic E-state index is 4.21. The lowest BCUT2D eigenvalue weighted by atomic mass is 10.2. The number of aromatic nitrogens is 2. The first-order chi connectivity index (χ1) is 9.88. The molecule has 0 radical (unpaired) electrons. The molecule has 0 saturated carbocycles. The molecular weight excluding hydrogens is 377 g/mol. The van der Waals surface area contributed by atoms with Gasteiger partial charge in [-0.2, -0.15) is 0 Å². The van der Waals surface area contributed by atoms with Crippen molar-refractivity contribution in [3.8, 4) is 0 Å². The number of pyridine rings is 1. The van der Waals surface area contributed by atoms with E-state index in [9.17, 15) is 0 Å². The SMILES string of the molecule is CN=C(NCCc1cccnc1)NCCn1cccc1.I. The molecule has 0 bridgehead atoms. The first kappa shape index (κ1) is 17.5. The van der Waals surface area contributed by atoms with Gasteiger partial charge in [-0.05, 0) is 30.2 Å². The Morgan fingerprint density at radius 1 is 1.19 bits per heavy atom. The summed E-state index contributed by atoms with van der Waals surface area (Å²) in [5.41, 5.74) is 1.22. The van der Waals surface area contributed by atoms with Gasteiger partial charge >= 0.3 is 0 Å². The number of hydrogen-bond acceptors (Lipinski definition) is 2. The highest BCUT2D eigenvalue weighted by atomic mass is 127. The smallest absolute Gasteiger partial charge is 0.191 e. The second-order valence-electron chi connectivity index (χ2n) is 4.46. The van der Waals surface area contributed by atoms with Gasteiger partial charge in [-0.1, -0.05) is 6.07 Å². The van der Waals surface area contributed by atoms with Gasteiger partial charge in [-0.3, -0.25) is 9.98 Å². The van der Waals surface area contributed by atoms with Crippen LogP contribution >= 0.6 is 24.0 Å². The molecule has 0 fully saturated rings. The van der Waals surface area contributed by atoms with Gasteiger partial charge in [0.15, 0.2) is 5.96 Å². The summed E-state index contributed by atoms with van der Waals surface area (Å²) in [4.78, 5) is 8.31. The highest BCUT2D eigenvalue weighted by molar-refractivity contribution is 14.0. The summed E-state index contributed by atoms with van der Waals surface area (Å²) in [5, 5.41) is 6.60. The lowest BCUT2D eigenvalue weighted by Crippen LogP contribution is -2.39. The predicted molar refractivity (Wildman–Crippen MR) is 97.2 cm³/mol. The molecule has 5 nitrogen and oxygen atoms in total. The summed E-state index contributed by atoms with van der Waals surface area (Å²) >= 11 is 0. The normalized spacial score (nSPS) is 10.8. The van der Waals surface area contributed by atoms with Crippen molar-refractivity contribution in [1.82, 2.24) is 20.2 Å². The molecule has 0 aliphatic rings. The van der Waals surface area contributed by atoms with Crippen molar-refractivity contribution in [2.24, 2.45) is 4.99 Å². The Morgan fingerprint density at radius 2 is 1.95 bits per heavy atom. The minimum Gasteiger partial charge on any atom is -0.356 e. The van der Waals surface area contributed by atoms with Crippen LogP contribution in [0.4, 0.5) is 0 Å². The molecule has 0 aliphatic heterocycles. The monoisotopic (exact) mass is 399 g/mol. The first-order valence-corrected chi connectivity index (χ1v) is 6.82. The number of halogens is 1. The van der Waals surface area contributed by atoms with Gasteiger partial charge in [-0.15, -0.1) is 24.0 Å². The van der Waals surface area contributed by atoms with E-state index in [0.717, 1.165) is 32.0 Å². The number of guanidine groups is 1. The molecule has 0 spiro atoms. The zero-order valence-electron chi connectivity index (χ0n) is 12.2. The van der Waals surface area contributed by atoms with Crippen LogP contribution in [0.15, 0.2) is 54.0 Å². The Hall–Kier alpha value is -1.57. The summed E-state index contributed by atoms with van der Waals surface area (Å²) in [7, 11) is 1.79. The summed E-state index contributed by atoms with van der Waals surface area (Å²) in [6.07, 6.45) is 8.73. The third-order valence-corrected chi connectivity index (χ3v) is 2.98. The number of aliphatic imine (C=N–C) groups is 1. The van der Waals surface area contributed by atoms with Crippen LogP contribution in [0.1, 0.15) is 5.56 Å². The topological polar surface area (TPSA) is 54.2 Å². The van der Waals surface area contributed by atoms with Crippen LogP contribution in [-0.2, 0) is 13.0 Å². The van der Waals surface area contributed by atoms with E-state index in [0.29, 0.717) is 0 Å². The molecule has 0 aromatic carbocycles. The van der Waals surface area contributed by atoms with Crippen LogP contribution in [0.5, 0.6) is 0 Å². The first-order valence-electron chi connectivity index (χ1n) is 6.82. The highest BCUT2D eigenvalue weighted by Gasteiger charge is 1.97. The van der Waals surface area contributed by atoms with Crippen molar-refractivity contribution in [2.75, 3.05) is 20.1 Å². The second-order valence-corrected chi connectivity index (χ2v) is 4.46. The fourth-order valence-electron chi connectivity index (χ4n) is 1.91. The van der Waals surface area contributed by atoms with Crippen molar-refractivity contribution in [3.05, 3.63) is 54.6 Å². The van der Waals surface area contributed by atoms with Crippen LogP contribution in [0.25, 0.3) is 0 Å². The Balaban J connectivity index is 0.00000220. The van der Waals surface area contributed by atoms with E-state index >= 15 is 0 Å². The van der Waals surface area contributed by atoms with Gasteiger partial charge in [0.2, 0.25) is 0 Å². The summed E-state index contributed by atoms with van der Waals surface area (Å²) in [6, 6.07) is 8.10. The molecule has 0 atom stereocenters. The van der Waals surface area contributed by atoms with E-state index in [1.807, 2.05) is 24.4 Å². The van der Waals surface area contributed by atoms with Crippen LogP contribution in [-0.4, -0.2) is 35.6 Å². The molecule has 2 heterocycles. The van der Waals surface area contributed by atoms with Crippen molar-refractivity contribution < 1.29 is 0 Å². The standard InChI is InChI=1S/C15H21N5.HI/c1-16-15(19-9-12-20-10-2-3-11-20)18-8-6-14-5-4-7-17-13-14;/h2-5,7,10-11,13H,6,8-9,12H2,1H3,(H2,16,18,19);1H. The van der Waals surface area contributed by atoms with E-state index in [2.05, 4.69) is 43.6 Å². The zero-order chi connectivity index (χ0) is 14.0. The average molecular weight is 399 g/mol. The molecule has 6 heteroatoms. The quantitative estimate of drug-likeness (QED) is 0.443. The summed E-state index contributed by atoms with van der Waals surface area (Å²) in [6.45, 7) is 2.62. The van der Waals surface area contributed by atoms with Crippen LogP contribution in [0.3, 0.4) is 0 Å². The second kappa shape index (κ2) is 10.2. The van der Waals surface area contributed by atoms with Crippen molar-refractivity contribution in [2.45, 2.75) is 13.0 Å². The molecule has 0 unspecified atom stereocenters.